The summed E-state index contributed by atoms with van der Waals surface area (Å²) in [6.45, 7) is 9.19. The van der Waals surface area contributed by atoms with Crippen LogP contribution in [-0.4, -0.2) is 32.6 Å². The summed E-state index contributed by atoms with van der Waals surface area (Å²) in [6.07, 6.45) is 7.01. The maximum atomic E-state index is 4.61. The molecule has 0 saturated heterocycles. The molecule has 3 N–H and O–H groups in total. The Labute approximate surface area is 198 Å². The van der Waals surface area contributed by atoms with E-state index in [-0.39, 0.29) is 17.4 Å². The number of nitrogens with one attached hydrogen (secondary N) is 3. The Balaban J connectivity index is -0.000000130. The van der Waals surface area contributed by atoms with Crippen LogP contribution in [0.1, 0.15) is 59.3 Å². The van der Waals surface area contributed by atoms with Crippen molar-refractivity contribution in [2.45, 2.75) is 59.3 Å². The van der Waals surface area contributed by atoms with Crippen molar-refractivity contribution in [2.24, 2.45) is 0 Å². The van der Waals surface area contributed by atoms with Crippen LogP contribution < -0.4 is 16.0 Å². The Morgan fingerprint density at radius 3 is 0.920 bits per heavy atom. The summed E-state index contributed by atoms with van der Waals surface area (Å²) in [7, 11) is 0. The van der Waals surface area contributed by atoms with E-state index in [0.29, 0.717) is 13.0 Å². The summed E-state index contributed by atoms with van der Waals surface area (Å²) < 4.78 is 1.45. The molecule has 0 aliphatic carbocycles. The molecule has 0 heterocycles. The number of hydrogen-bond acceptors (Lipinski definition) is 6. The van der Waals surface area contributed by atoms with E-state index in [2.05, 4.69) is 111 Å². The average Bonchev–Trinajstić information content (AvgIpc) is 2.48. The Hall–Kier alpha value is 0.862. The zero-order chi connectivity index (χ0) is 19.2. The van der Waals surface area contributed by atoms with Crippen molar-refractivity contribution in [3.8, 4) is 0 Å². The molecule has 0 aliphatic rings. The molecule has 3 nitrogen and oxygen atoms in total. The minimum atomic E-state index is 0. The molecule has 1 radical (unpaired) electrons. The molecule has 0 aromatic heterocycles. The summed E-state index contributed by atoms with van der Waals surface area (Å²) in [4.78, 5) is 0. The second kappa shape index (κ2) is 29.6. The number of unbranched alkanes of at least 4 members (excludes halogenated alkanes) is 3. The fourth-order valence-electron chi connectivity index (χ4n) is 1.10. The SMILES string of the molecule is CCCCNC(=S)[S-].CCCCNC(=S)[S-].CCCCNC(=S)[S-].[Cr+3]. The molecule has 0 saturated carbocycles. The Bertz CT molecular complexity index is 272. The normalized spacial score (nSPS) is 8.28. The van der Waals surface area contributed by atoms with Gasteiger partial charge < -0.3 is 90.5 Å². The molecule has 0 aromatic rings. The molecule has 0 unspecified atom stereocenters. The van der Waals surface area contributed by atoms with E-state index < -0.39 is 0 Å². The first-order chi connectivity index (χ1) is 11.3. The fraction of sp³-hybridized carbons (Fsp3) is 0.800. The van der Waals surface area contributed by atoms with Crippen molar-refractivity contribution in [1.82, 2.24) is 16.0 Å². The standard InChI is InChI=1S/3C5H11NS2.Cr/c3*1-2-3-4-6-5(7)8;/h3*2-4H2,1H3,(H2,6,7,8);/q;;;+3/p-3. The van der Waals surface area contributed by atoms with Crippen LogP contribution >= 0.6 is 36.7 Å². The fourth-order valence-corrected chi connectivity index (χ4v) is 1.71. The second-order valence-electron chi connectivity index (χ2n) is 4.70. The van der Waals surface area contributed by atoms with Gasteiger partial charge in [-0.3, -0.25) is 0 Å². The number of hydrogen-bond donors (Lipinski definition) is 3. The third-order valence-corrected chi connectivity index (χ3v) is 3.27. The zero-order valence-electron chi connectivity index (χ0n) is 15.2. The third-order valence-electron chi connectivity index (χ3n) is 2.40. The molecule has 25 heavy (non-hydrogen) atoms. The van der Waals surface area contributed by atoms with Crippen molar-refractivity contribution in [3.05, 3.63) is 0 Å². The van der Waals surface area contributed by atoms with Gasteiger partial charge >= 0.3 is 17.4 Å². The van der Waals surface area contributed by atoms with Crippen molar-refractivity contribution in [3.63, 3.8) is 0 Å². The Kier molecular flexibility index (Phi) is 39.6. The molecule has 0 aromatic carbocycles. The van der Waals surface area contributed by atoms with Crippen LogP contribution in [0.3, 0.4) is 0 Å². The minimum absolute atomic E-state index is 0. The molecule has 0 spiro atoms. The first-order valence-corrected chi connectivity index (χ1v) is 10.6. The van der Waals surface area contributed by atoms with Gasteiger partial charge in [-0.05, 0) is 19.3 Å². The number of thiocarbonyl (C=S) groups is 3. The van der Waals surface area contributed by atoms with Crippen LogP contribution in [0.25, 0.3) is 0 Å². The molecule has 0 bridgehead atoms. The summed E-state index contributed by atoms with van der Waals surface area (Å²) in [5.74, 6) is 0. The molecule has 147 valence electrons. The molecular formula is C15H30CrN3S6. The van der Waals surface area contributed by atoms with Crippen molar-refractivity contribution in [2.75, 3.05) is 19.6 Å². The van der Waals surface area contributed by atoms with Gasteiger partial charge in [-0.15, -0.1) is 0 Å². The first kappa shape index (κ1) is 33.4. The van der Waals surface area contributed by atoms with Crippen LogP contribution in [0.2, 0.25) is 0 Å². The third kappa shape index (κ3) is 51.6. The van der Waals surface area contributed by atoms with Gasteiger partial charge in [0.1, 0.15) is 0 Å². The topological polar surface area (TPSA) is 36.1 Å². The smallest absolute Gasteiger partial charge is 0.412 e. The van der Waals surface area contributed by atoms with Gasteiger partial charge in [0, 0.05) is 19.6 Å². The quantitative estimate of drug-likeness (QED) is 0.252. The van der Waals surface area contributed by atoms with Crippen LogP contribution in [0.15, 0.2) is 0 Å². The average molecular weight is 497 g/mol. The minimum Gasteiger partial charge on any atom is -0.412 e. The van der Waals surface area contributed by atoms with Crippen LogP contribution in [0.5, 0.6) is 0 Å². The van der Waals surface area contributed by atoms with E-state index >= 15 is 0 Å². The molecule has 10 heteroatoms. The van der Waals surface area contributed by atoms with Gasteiger partial charge in [-0.2, -0.15) is 0 Å². The van der Waals surface area contributed by atoms with Gasteiger partial charge in [-0.25, -0.2) is 0 Å². The summed E-state index contributed by atoms with van der Waals surface area (Å²) in [6, 6.07) is 0. The van der Waals surface area contributed by atoms with Gasteiger partial charge in [0.25, 0.3) is 0 Å². The van der Waals surface area contributed by atoms with E-state index in [9.17, 15) is 0 Å². The first-order valence-electron chi connectivity index (χ1n) is 8.16. The van der Waals surface area contributed by atoms with E-state index in [0.717, 1.165) is 38.9 Å². The van der Waals surface area contributed by atoms with Gasteiger partial charge in [-0.1, -0.05) is 53.0 Å². The van der Waals surface area contributed by atoms with Crippen LogP contribution in [-0.2, 0) is 55.2 Å². The van der Waals surface area contributed by atoms with Crippen molar-refractivity contribution < 1.29 is 17.4 Å². The van der Waals surface area contributed by atoms with Gasteiger partial charge in [0.2, 0.25) is 0 Å². The van der Waals surface area contributed by atoms with Gasteiger partial charge in [0.05, 0.1) is 0 Å². The van der Waals surface area contributed by atoms with Crippen LogP contribution in [0, 0.1) is 0 Å². The maximum Gasteiger partial charge on any atom is 3.00 e. The molecule has 0 atom stereocenters. The Morgan fingerprint density at radius 1 is 0.600 bits per heavy atom. The number of rotatable bonds is 9. The van der Waals surface area contributed by atoms with E-state index in [1.165, 1.54) is 19.3 Å². The van der Waals surface area contributed by atoms with Crippen molar-refractivity contribution in [1.29, 1.82) is 0 Å². The van der Waals surface area contributed by atoms with Gasteiger partial charge in [0.15, 0.2) is 0 Å². The van der Waals surface area contributed by atoms with Crippen LogP contribution in [0.4, 0.5) is 0 Å². The van der Waals surface area contributed by atoms with E-state index in [1.54, 1.807) is 0 Å². The predicted octanol–water partition coefficient (Wildman–Crippen LogP) is 3.62. The molecule has 0 amide bonds. The summed E-state index contributed by atoms with van der Waals surface area (Å²) in [5.41, 5.74) is 0. The largest absolute Gasteiger partial charge is 3.00 e. The molecule has 0 rings (SSSR count). The summed E-state index contributed by atoms with van der Waals surface area (Å²) in [5, 5.41) is 8.68. The van der Waals surface area contributed by atoms with E-state index in [1.807, 2.05) is 0 Å². The molecule has 0 aliphatic heterocycles. The maximum absolute atomic E-state index is 4.61. The summed E-state index contributed by atoms with van der Waals surface area (Å²) >= 11 is 27.7. The predicted molar refractivity (Wildman–Crippen MR) is 129 cm³/mol. The monoisotopic (exact) mass is 496 g/mol. The Morgan fingerprint density at radius 2 is 0.800 bits per heavy atom. The second-order valence-corrected chi connectivity index (χ2v) is 7.93. The molecule has 0 fully saturated rings. The zero-order valence-corrected chi connectivity index (χ0v) is 21.4. The molecular weight excluding hydrogens is 467 g/mol. The van der Waals surface area contributed by atoms with Crippen molar-refractivity contribution >= 4 is 87.5 Å². The van der Waals surface area contributed by atoms with E-state index in [4.69, 9.17) is 0 Å².